The number of carbonyl (C=O) groups excluding carboxylic acids is 1. The Hall–Kier alpha value is -2.12. The number of carbonyl (C=O) groups is 1. The first kappa shape index (κ1) is 19.2. The van der Waals surface area contributed by atoms with Crippen LogP contribution in [0.1, 0.15) is 20.3 Å². The third kappa shape index (κ3) is 3.86. The van der Waals surface area contributed by atoms with Crippen molar-refractivity contribution in [1.82, 2.24) is 14.5 Å². The third-order valence-electron chi connectivity index (χ3n) is 5.03. The first-order valence-corrected chi connectivity index (χ1v) is 11.4. The van der Waals surface area contributed by atoms with Crippen molar-refractivity contribution < 1.29 is 4.79 Å². The topological polar surface area (TPSA) is 55.2 Å². The molecule has 0 saturated carbocycles. The zero-order valence-electron chi connectivity index (χ0n) is 16.0. The highest BCUT2D eigenvalue weighted by Gasteiger charge is 2.26. The number of likely N-dealkylation sites (tertiary alicyclic amines) is 1. The molecule has 5 nitrogen and oxygen atoms in total. The monoisotopic (exact) mass is 413 g/mol. The summed E-state index contributed by atoms with van der Waals surface area (Å²) in [5.41, 5.74) is 0.677. The molecule has 1 aliphatic rings. The van der Waals surface area contributed by atoms with Gasteiger partial charge in [-0.3, -0.25) is 14.2 Å². The van der Waals surface area contributed by atoms with Crippen molar-refractivity contribution >= 4 is 39.2 Å². The zero-order chi connectivity index (χ0) is 19.7. The Morgan fingerprint density at radius 1 is 1.18 bits per heavy atom. The second kappa shape index (κ2) is 8.09. The van der Waals surface area contributed by atoms with Gasteiger partial charge in [0.15, 0.2) is 5.16 Å². The van der Waals surface area contributed by atoms with Crippen LogP contribution in [0.2, 0.25) is 0 Å². The number of benzene rings is 1. The fourth-order valence-corrected chi connectivity index (χ4v) is 5.60. The summed E-state index contributed by atoms with van der Waals surface area (Å²) in [6, 6.07) is 11.3. The van der Waals surface area contributed by atoms with E-state index in [-0.39, 0.29) is 17.2 Å². The maximum absolute atomic E-state index is 13.1. The van der Waals surface area contributed by atoms with Crippen molar-refractivity contribution in [2.45, 2.75) is 25.4 Å². The fourth-order valence-electron chi connectivity index (χ4n) is 3.88. The predicted molar refractivity (Wildman–Crippen MR) is 115 cm³/mol. The highest BCUT2D eigenvalue weighted by atomic mass is 32.2. The lowest BCUT2D eigenvalue weighted by Crippen LogP contribution is -2.43. The molecule has 0 bridgehead atoms. The van der Waals surface area contributed by atoms with Crippen molar-refractivity contribution in [2.75, 3.05) is 18.8 Å². The highest BCUT2D eigenvalue weighted by molar-refractivity contribution is 7.99. The van der Waals surface area contributed by atoms with E-state index in [0.29, 0.717) is 27.2 Å². The maximum Gasteiger partial charge on any atom is 0.267 e. The summed E-state index contributed by atoms with van der Waals surface area (Å²) in [5.74, 6) is 1.46. The lowest BCUT2D eigenvalue weighted by atomic mass is 9.92. The van der Waals surface area contributed by atoms with Crippen LogP contribution in [0.15, 0.2) is 51.7 Å². The van der Waals surface area contributed by atoms with Crippen LogP contribution >= 0.6 is 23.1 Å². The lowest BCUT2D eigenvalue weighted by molar-refractivity contribution is -0.130. The van der Waals surface area contributed by atoms with Crippen LogP contribution in [0.4, 0.5) is 0 Å². The number of aromatic nitrogens is 2. The molecule has 1 aliphatic heterocycles. The molecule has 3 heterocycles. The summed E-state index contributed by atoms with van der Waals surface area (Å²) in [6.45, 7) is 6.02. The van der Waals surface area contributed by atoms with Crippen molar-refractivity contribution in [3.05, 3.63) is 52.1 Å². The number of para-hydroxylation sites is 1. The molecule has 0 radical (unpaired) electrons. The van der Waals surface area contributed by atoms with Crippen LogP contribution in [-0.4, -0.2) is 39.2 Å². The van der Waals surface area contributed by atoms with Gasteiger partial charge in [-0.05, 0) is 41.8 Å². The number of hydrogen-bond acceptors (Lipinski definition) is 5. The van der Waals surface area contributed by atoms with Gasteiger partial charge in [-0.1, -0.05) is 43.8 Å². The second-order valence-electron chi connectivity index (χ2n) is 7.54. The van der Waals surface area contributed by atoms with E-state index in [9.17, 15) is 9.59 Å². The van der Waals surface area contributed by atoms with E-state index < -0.39 is 0 Å². The maximum atomic E-state index is 13.1. The smallest absolute Gasteiger partial charge is 0.267 e. The Balaban J connectivity index is 1.63. The molecule has 28 heavy (non-hydrogen) atoms. The molecule has 4 rings (SSSR count). The van der Waals surface area contributed by atoms with Gasteiger partial charge in [0.1, 0.15) is 4.83 Å². The van der Waals surface area contributed by atoms with Crippen molar-refractivity contribution in [3.63, 3.8) is 0 Å². The SMILES string of the molecule is C[C@H]1C[C@H](C)CN(C(=O)CSc2nc3sccc3c(=O)n2-c2ccccc2)C1. The van der Waals surface area contributed by atoms with Crippen LogP contribution in [0.25, 0.3) is 15.9 Å². The minimum absolute atomic E-state index is 0.0902. The minimum atomic E-state index is -0.0902. The van der Waals surface area contributed by atoms with Gasteiger partial charge < -0.3 is 4.90 Å². The molecule has 7 heteroatoms. The fraction of sp³-hybridized carbons (Fsp3) is 0.381. The Labute approximate surface area is 172 Å². The van der Waals surface area contributed by atoms with Gasteiger partial charge in [-0.25, -0.2) is 4.98 Å². The zero-order valence-corrected chi connectivity index (χ0v) is 17.6. The molecule has 1 amide bonds. The molecule has 0 aliphatic carbocycles. The van der Waals surface area contributed by atoms with Gasteiger partial charge in [-0.2, -0.15) is 0 Å². The first-order chi connectivity index (χ1) is 13.5. The molecule has 1 fully saturated rings. The van der Waals surface area contributed by atoms with E-state index in [0.717, 1.165) is 18.8 Å². The number of fused-ring (bicyclic) bond motifs is 1. The number of piperidine rings is 1. The number of thioether (sulfide) groups is 1. The molecule has 2 aromatic heterocycles. The van der Waals surface area contributed by atoms with E-state index in [1.54, 1.807) is 4.57 Å². The number of thiophene rings is 1. The number of amides is 1. The van der Waals surface area contributed by atoms with Gasteiger partial charge in [-0.15, -0.1) is 11.3 Å². The minimum Gasteiger partial charge on any atom is -0.341 e. The molecular formula is C21H23N3O2S2. The Bertz CT molecular complexity index is 1030. The summed E-state index contributed by atoms with van der Waals surface area (Å²) in [6.07, 6.45) is 1.17. The van der Waals surface area contributed by atoms with Gasteiger partial charge in [0.2, 0.25) is 5.91 Å². The van der Waals surface area contributed by atoms with Crippen LogP contribution in [0.3, 0.4) is 0 Å². The van der Waals surface area contributed by atoms with E-state index in [1.165, 1.54) is 29.5 Å². The molecule has 0 spiro atoms. The molecule has 146 valence electrons. The largest absolute Gasteiger partial charge is 0.341 e. The molecular weight excluding hydrogens is 390 g/mol. The molecule has 2 atom stereocenters. The third-order valence-corrected chi connectivity index (χ3v) is 6.76. The van der Waals surface area contributed by atoms with Crippen LogP contribution in [-0.2, 0) is 4.79 Å². The molecule has 0 N–H and O–H groups in total. The summed E-state index contributed by atoms with van der Waals surface area (Å²) in [4.78, 5) is 33.2. The average molecular weight is 414 g/mol. The molecule has 1 saturated heterocycles. The normalized spacial score (nSPS) is 19.9. The average Bonchev–Trinajstić information content (AvgIpc) is 3.15. The molecule has 0 unspecified atom stereocenters. The molecule has 3 aromatic rings. The van der Waals surface area contributed by atoms with Crippen LogP contribution in [0, 0.1) is 11.8 Å². The quantitative estimate of drug-likeness (QED) is 0.478. The van der Waals surface area contributed by atoms with E-state index in [2.05, 4.69) is 13.8 Å². The number of rotatable bonds is 4. The van der Waals surface area contributed by atoms with E-state index >= 15 is 0 Å². The summed E-state index contributed by atoms with van der Waals surface area (Å²) >= 11 is 2.80. The van der Waals surface area contributed by atoms with Crippen molar-refractivity contribution in [1.29, 1.82) is 0 Å². The van der Waals surface area contributed by atoms with Crippen LogP contribution < -0.4 is 5.56 Å². The summed E-state index contributed by atoms with van der Waals surface area (Å²) in [7, 11) is 0. The Morgan fingerprint density at radius 3 is 2.61 bits per heavy atom. The lowest BCUT2D eigenvalue weighted by Gasteiger charge is -2.35. The standard InChI is InChI=1S/C21H23N3O2S2/c1-14-10-15(2)12-23(11-14)18(25)13-28-21-22-19-17(8-9-27-19)20(26)24(21)16-6-4-3-5-7-16/h3-9,14-15H,10-13H2,1-2H3/t14-,15-/m0/s1. The molecule has 1 aromatic carbocycles. The summed E-state index contributed by atoms with van der Waals surface area (Å²) < 4.78 is 1.62. The first-order valence-electron chi connectivity index (χ1n) is 9.49. The number of nitrogens with zero attached hydrogens (tertiary/aromatic N) is 3. The van der Waals surface area contributed by atoms with Crippen molar-refractivity contribution in [3.8, 4) is 5.69 Å². The summed E-state index contributed by atoms with van der Waals surface area (Å²) in [5, 5.41) is 3.06. The van der Waals surface area contributed by atoms with Crippen molar-refractivity contribution in [2.24, 2.45) is 11.8 Å². The predicted octanol–water partition coefficient (Wildman–Crippen LogP) is 4.04. The second-order valence-corrected chi connectivity index (χ2v) is 9.38. The number of hydrogen-bond donors (Lipinski definition) is 0. The van der Waals surface area contributed by atoms with Gasteiger partial charge in [0.05, 0.1) is 16.8 Å². The van der Waals surface area contributed by atoms with Crippen LogP contribution in [0.5, 0.6) is 0 Å². The van der Waals surface area contributed by atoms with Gasteiger partial charge >= 0.3 is 0 Å². The Kier molecular flexibility index (Phi) is 5.55. The van der Waals surface area contributed by atoms with E-state index in [4.69, 9.17) is 4.98 Å². The Morgan fingerprint density at radius 2 is 1.89 bits per heavy atom. The highest BCUT2D eigenvalue weighted by Crippen LogP contribution is 2.26. The van der Waals surface area contributed by atoms with E-state index in [1.807, 2.05) is 46.7 Å². The van der Waals surface area contributed by atoms with Gasteiger partial charge in [0.25, 0.3) is 5.56 Å². The van der Waals surface area contributed by atoms with Gasteiger partial charge in [0, 0.05) is 13.1 Å².